The summed E-state index contributed by atoms with van der Waals surface area (Å²) in [4.78, 5) is 14.3. The van der Waals surface area contributed by atoms with Crippen molar-refractivity contribution in [1.82, 2.24) is 5.32 Å². The van der Waals surface area contributed by atoms with Crippen molar-refractivity contribution in [3.05, 3.63) is 0 Å². The molecule has 0 saturated heterocycles. The normalized spacial score (nSPS) is 12.7. The second kappa shape index (κ2) is 6.26. The van der Waals surface area contributed by atoms with Crippen molar-refractivity contribution in [2.45, 2.75) is 32.4 Å². The molecule has 15 heavy (non-hydrogen) atoms. The molecule has 3 N–H and O–H groups in total. The minimum absolute atomic E-state index is 0.0463. The van der Waals surface area contributed by atoms with Crippen LogP contribution < -0.4 is 11.1 Å². The molecule has 0 fully saturated rings. The maximum atomic E-state index is 11.7. The molecular weight excluding hydrogens is 211 g/mol. The number of carbonyl (C=O) groups excluding carboxylic acids is 1. The number of amides is 1. The van der Waals surface area contributed by atoms with E-state index in [4.69, 9.17) is 5.73 Å². The van der Waals surface area contributed by atoms with Gasteiger partial charge in [-0.3, -0.25) is 15.1 Å². The van der Waals surface area contributed by atoms with Crippen LogP contribution in [0.15, 0.2) is 4.99 Å². The largest absolute Gasteiger partial charge is 0.389 e. The third-order valence-electron chi connectivity index (χ3n) is 1.49. The lowest BCUT2D eigenvalue weighted by Crippen LogP contribution is -2.36. The van der Waals surface area contributed by atoms with Crippen molar-refractivity contribution in [2.75, 3.05) is 6.54 Å². The van der Waals surface area contributed by atoms with Crippen molar-refractivity contribution in [3.8, 4) is 0 Å². The smallest absolute Gasteiger partial charge is 0.370 e. The Labute approximate surface area is 85.7 Å². The average Bonchev–Trinajstić information content (AvgIpc) is 2.11. The van der Waals surface area contributed by atoms with E-state index in [9.17, 15) is 18.0 Å². The molecule has 0 rings (SSSR count). The van der Waals surface area contributed by atoms with Crippen molar-refractivity contribution < 1.29 is 18.0 Å². The Kier molecular flexibility index (Phi) is 5.73. The zero-order chi connectivity index (χ0) is 11.9. The molecule has 4 nitrogen and oxygen atoms in total. The Morgan fingerprint density at radius 3 is 2.53 bits per heavy atom. The SMILES string of the molecule is CCC(=O)NC(N)=NCCCC(F)(F)F. The van der Waals surface area contributed by atoms with Gasteiger partial charge in [-0.25, -0.2) is 0 Å². The van der Waals surface area contributed by atoms with Crippen LogP contribution in [0.1, 0.15) is 26.2 Å². The van der Waals surface area contributed by atoms with Crippen LogP contribution >= 0.6 is 0 Å². The van der Waals surface area contributed by atoms with Crippen molar-refractivity contribution >= 4 is 11.9 Å². The molecule has 0 aliphatic heterocycles. The molecule has 0 aromatic rings. The first kappa shape index (κ1) is 13.7. The zero-order valence-corrected chi connectivity index (χ0v) is 8.40. The molecule has 0 aliphatic rings. The van der Waals surface area contributed by atoms with Gasteiger partial charge in [-0.15, -0.1) is 0 Å². The van der Waals surface area contributed by atoms with E-state index >= 15 is 0 Å². The van der Waals surface area contributed by atoms with Gasteiger partial charge in [0.2, 0.25) is 5.91 Å². The lowest BCUT2D eigenvalue weighted by molar-refractivity contribution is -0.135. The van der Waals surface area contributed by atoms with Gasteiger partial charge in [0.1, 0.15) is 0 Å². The molecule has 1 amide bonds. The van der Waals surface area contributed by atoms with Crippen molar-refractivity contribution in [1.29, 1.82) is 0 Å². The number of nitrogens with zero attached hydrogens (tertiary/aromatic N) is 1. The molecule has 0 unspecified atom stereocenters. The number of nitrogens with two attached hydrogens (primary N) is 1. The molecule has 0 aliphatic carbocycles. The van der Waals surface area contributed by atoms with Gasteiger partial charge in [0.05, 0.1) is 0 Å². The van der Waals surface area contributed by atoms with Gasteiger partial charge in [-0.05, 0) is 6.42 Å². The monoisotopic (exact) mass is 225 g/mol. The summed E-state index contributed by atoms with van der Waals surface area (Å²) in [5, 5.41) is 2.23. The summed E-state index contributed by atoms with van der Waals surface area (Å²) in [7, 11) is 0. The fourth-order valence-electron chi connectivity index (χ4n) is 0.750. The van der Waals surface area contributed by atoms with Gasteiger partial charge in [0.25, 0.3) is 0 Å². The number of carbonyl (C=O) groups is 1. The fraction of sp³-hybridized carbons (Fsp3) is 0.750. The molecule has 0 aromatic carbocycles. The Morgan fingerprint density at radius 1 is 1.47 bits per heavy atom. The summed E-state index contributed by atoms with van der Waals surface area (Å²) in [5.41, 5.74) is 5.24. The second-order valence-corrected chi connectivity index (χ2v) is 2.89. The summed E-state index contributed by atoms with van der Waals surface area (Å²) in [6.45, 7) is 1.58. The molecule has 0 aromatic heterocycles. The Bertz CT molecular complexity index is 238. The van der Waals surface area contributed by atoms with E-state index in [1.165, 1.54) is 0 Å². The van der Waals surface area contributed by atoms with Crippen molar-refractivity contribution in [3.63, 3.8) is 0 Å². The maximum Gasteiger partial charge on any atom is 0.389 e. The van der Waals surface area contributed by atoms with Crippen LogP contribution in [0.3, 0.4) is 0 Å². The van der Waals surface area contributed by atoms with Crippen LogP contribution in [0.5, 0.6) is 0 Å². The number of guanidine groups is 1. The molecule has 0 heterocycles. The molecular formula is C8H14F3N3O. The highest BCUT2D eigenvalue weighted by Gasteiger charge is 2.25. The summed E-state index contributed by atoms with van der Waals surface area (Å²) in [5.74, 6) is -0.448. The molecule has 0 atom stereocenters. The fourth-order valence-corrected chi connectivity index (χ4v) is 0.750. The van der Waals surface area contributed by atoms with E-state index in [0.717, 1.165) is 0 Å². The maximum absolute atomic E-state index is 11.7. The molecule has 88 valence electrons. The third kappa shape index (κ3) is 9.04. The highest BCUT2D eigenvalue weighted by Crippen LogP contribution is 2.20. The third-order valence-corrected chi connectivity index (χ3v) is 1.49. The van der Waals surface area contributed by atoms with Crippen LogP contribution in [-0.2, 0) is 4.79 Å². The summed E-state index contributed by atoms with van der Waals surface area (Å²) < 4.78 is 35.1. The average molecular weight is 225 g/mol. The number of aliphatic imine (C=N–C) groups is 1. The summed E-state index contributed by atoms with van der Waals surface area (Å²) >= 11 is 0. The number of alkyl halides is 3. The Hall–Kier alpha value is -1.27. The first-order valence-corrected chi connectivity index (χ1v) is 4.51. The topological polar surface area (TPSA) is 67.5 Å². The standard InChI is InChI=1S/C8H14F3N3O/c1-2-6(15)14-7(12)13-5-3-4-8(9,10)11/h2-5H2,1H3,(H3,12,13,14,15). The van der Waals surface area contributed by atoms with Gasteiger partial charge in [0.15, 0.2) is 5.96 Å². The minimum atomic E-state index is -4.17. The molecule has 0 saturated carbocycles. The van der Waals surface area contributed by atoms with Crippen molar-refractivity contribution in [2.24, 2.45) is 10.7 Å². The molecule has 0 spiro atoms. The molecule has 0 radical (unpaired) electrons. The Morgan fingerprint density at radius 2 is 2.07 bits per heavy atom. The van der Waals surface area contributed by atoms with Gasteiger partial charge in [0, 0.05) is 19.4 Å². The first-order valence-electron chi connectivity index (χ1n) is 4.51. The van der Waals surface area contributed by atoms with E-state index in [1.807, 2.05) is 0 Å². The second-order valence-electron chi connectivity index (χ2n) is 2.89. The summed E-state index contributed by atoms with van der Waals surface area (Å²) in [6, 6.07) is 0. The van der Waals surface area contributed by atoms with Gasteiger partial charge < -0.3 is 5.73 Å². The number of rotatable bonds is 4. The minimum Gasteiger partial charge on any atom is -0.370 e. The van der Waals surface area contributed by atoms with E-state index in [1.54, 1.807) is 6.92 Å². The number of hydrogen-bond donors (Lipinski definition) is 2. The van der Waals surface area contributed by atoms with Gasteiger partial charge in [-0.1, -0.05) is 6.92 Å². The number of hydrogen-bond acceptors (Lipinski definition) is 2. The van der Waals surface area contributed by atoms with Gasteiger partial charge >= 0.3 is 6.18 Å². The van der Waals surface area contributed by atoms with Crippen LogP contribution in [0, 0.1) is 0 Å². The van der Waals surface area contributed by atoms with Crippen LogP contribution in [0.25, 0.3) is 0 Å². The molecule has 7 heteroatoms. The quantitative estimate of drug-likeness (QED) is 0.428. The van der Waals surface area contributed by atoms with E-state index in [0.29, 0.717) is 0 Å². The number of halogens is 3. The molecule has 0 bridgehead atoms. The van der Waals surface area contributed by atoms with E-state index < -0.39 is 12.6 Å². The van der Waals surface area contributed by atoms with Crippen LogP contribution in [-0.4, -0.2) is 24.6 Å². The van der Waals surface area contributed by atoms with Crippen LogP contribution in [0.4, 0.5) is 13.2 Å². The predicted molar refractivity (Wildman–Crippen MR) is 50.2 cm³/mol. The first-order chi connectivity index (χ1) is 6.85. The highest BCUT2D eigenvalue weighted by molar-refractivity contribution is 5.95. The zero-order valence-electron chi connectivity index (χ0n) is 8.40. The van der Waals surface area contributed by atoms with E-state index in [2.05, 4.69) is 10.3 Å². The van der Waals surface area contributed by atoms with Crippen LogP contribution in [0.2, 0.25) is 0 Å². The van der Waals surface area contributed by atoms with E-state index in [-0.39, 0.29) is 31.3 Å². The highest BCUT2D eigenvalue weighted by atomic mass is 19.4. The van der Waals surface area contributed by atoms with Gasteiger partial charge in [-0.2, -0.15) is 13.2 Å². The summed E-state index contributed by atoms with van der Waals surface area (Å²) in [6.07, 6.45) is -4.95. The lowest BCUT2D eigenvalue weighted by atomic mass is 10.3. The number of nitrogens with one attached hydrogen (secondary N) is 1. The Balaban J connectivity index is 3.72. The predicted octanol–water partition coefficient (Wildman–Crippen LogP) is 1.17. The lowest BCUT2D eigenvalue weighted by Gasteiger charge is -2.04.